The maximum absolute atomic E-state index is 15.0. The van der Waals surface area contributed by atoms with Gasteiger partial charge in [-0.05, 0) is 256 Å². The van der Waals surface area contributed by atoms with Crippen LogP contribution in [-0.4, -0.2) is 169 Å². The van der Waals surface area contributed by atoms with Crippen LogP contribution >= 0.6 is 95.0 Å². The van der Waals surface area contributed by atoms with Crippen molar-refractivity contribution in [3.8, 4) is 64.2 Å². The van der Waals surface area contributed by atoms with Crippen molar-refractivity contribution in [3.63, 3.8) is 0 Å². The molecule has 8 aliphatic rings. The van der Waals surface area contributed by atoms with E-state index in [1.165, 1.54) is 58.6 Å². The summed E-state index contributed by atoms with van der Waals surface area (Å²) in [5.41, 5.74) is -0.967. The Morgan fingerprint density at radius 1 is 0.403 bits per heavy atom. The normalized spacial score (nSPS) is 26.5. The van der Waals surface area contributed by atoms with Gasteiger partial charge < -0.3 is 83.0 Å². The van der Waals surface area contributed by atoms with Crippen LogP contribution in [0.4, 0.5) is 30.6 Å². The van der Waals surface area contributed by atoms with E-state index < -0.39 is 120 Å². The Kier molecular flexibility index (Phi) is 27.3. The molecule has 6 saturated heterocycles. The number of thiocarbonyl (C=S) groups is 2. The average Bonchev–Trinajstić information content (AvgIpc) is 1.53. The molecule has 0 bridgehead atoms. The number of hydrogen-bond acceptors (Lipinski definition) is 31. The van der Waals surface area contributed by atoms with Gasteiger partial charge in [-0.15, -0.1) is 0 Å². The summed E-state index contributed by atoms with van der Waals surface area (Å²) in [4.78, 5) is 143. The summed E-state index contributed by atoms with van der Waals surface area (Å²) in [6, 6.07) is 69.6. The van der Waals surface area contributed by atoms with E-state index in [0.29, 0.717) is 115 Å². The SMILES string of the molecule is CN1C(=O)[C@@]2(SC(=O)Nc3ccccc3)C[C@](C)(C#N)C(c3ccc4c(c3)OCO4)N2C(=O)[C@]1(C)SC(=O)Nc1ccccc1.CN1C(=O)[C@@]2(SC(=O)Oc3ccccc3)C[C@](C)(C#N)C(c3ccc(CO)nc3)N2C(=O)[C@]1(C)SC(=O)Oc1ccccc1.CN1C(=O)[C@@]2(SC(=S)Oc3ccccc3)C[C@](C)(C#N)C(c3ccc4c(c3)OCO4)N2C(=O)[C@]1(C)SC(=S)Oc1ccccc1. The lowest BCUT2D eigenvalue weighted by Gasteiger charge is -2.52. The molecule has 6 fully saturated rings. The van der Waals surface area contributed by atoms with Crippen LogP contribution in [0.15, 0.2) is 237 Å². The molecule has 3 unspecified atom stereocenters. The zero-order valence-electron chi connectivity index (χ0n) is 73.0. The highest BCUT2D eigenvalue weighted by Crippen LogP contribution is 2.67. The Balaban J connectivity index is 0.000000153. The molecule has 0 spiro atoms. The quantitative estimate of drug-likeness (QED) is 0.0597. The molecule has 17 rings (SSSR count). The lowest BCUT2D eigenvalue weighted by molar-refractivity contribution is -0.163. The summed E-state index contributed by atoms with van der Waals surface area (Å²) in [5, 5.41) is 44.0. The first-order valence-corrected chi connectivity index (χ1v) is 47.1. The second-order valence-corrected chi connectivity index (χ2v) is 42.1. The maximum Gasteiger partial charge on any atom is 0.375 e. The number of carbonyl (C=O) groups is 10. The molecule has 0 saturated carbocycles. The van der Waals surface area contributed by atoms with Crippen LogP contribution in [0.2, 0.25) is 0 Å². The fourth-order valence-corrected chi connectivity index (χ4v) is 25.2. The smallest absolute Gasteiger partial charge is 0.375 e. The van der Waals surface area contributed by atoms with Gasteiger partial charge in [0.05, 0.1) is 64.9 Å². The number of thioether (sulfide) groups is 6. The summed E-state index contributed by atoms with van der Waals surface area (Å²) in [7, 11) is 4.37. The number of hydrogen-bond donors (Lipinski definition) is 3. The van der Waals surface area contributed by atoms with Gasteiger partial charge in [-0.3, -0.25) is 43.3 Å². The number of carbonyl (C=O) groups excluding carboxylic acids is 10. The monoisotopic (exact) mass is 1950 g/mol. The largest absolute Gasteiger partial charge is 0.454 e. The van der Waals surface area contributed by atoms with Gasteiger partial charge in [0, 0.05) is 58.0 Å². The molecule has 3 N–H and O–H groups in total. The molecule has 686 valence electrons. The Morgan fingerprint density at radius 2 is 0.716 bits per heavy atom. The van der Waals surface area contributed by atoms with Crippen molar-refractivity contribution < 1.29 is 90.9 Å². The number of amides is 8. The van der Waals surface area contributed by atoms with E-state index in [1.54, 1.807) is 247 Å². The van der Waals surface area contributed by atoms with E-state index in [-0.39, 0.29) is 59.7 Å². The van der Waals surface area contributed by atoms with E-state index in [9.17, 15) is 68.8 Å². The fraction of sp³-hybridized carbons (Fsp3) is 0.284. The Morgan fingerprint density at radius 3 is 1.09 bits per heavy atom. The number of pyridine rings is 1. The molecule has 9 heterocycles. The van der Waals surface area contributed by atoms with E-state index >= 15 is 0 Å². The number of fused-ring (bicyclic) bond motifs is 5. The van der Waals surface area contributed by atoms with Crippen molar-refractivity contribution in [2.45, 2.75) is 115 Å². The van der Waals surface area contributed by atoms with Crippen molar-refractivity contribution in [2.75, 3.05) is 45.4 Å². The van der Waals surface area contributed by atoms with Gasteiger partial charge in [0.1, 0.15) is 23.0 Å². The first kappa shape index (κ1) is 95.7. The number of nitriles is 3. The molecule has 12 atom stereocenters. The number of aromatic nitrogens is 1. The number of likely N-dealkylation sites (N-methyl/N-ethyl adjacent to an activating group) is 3. The van der Waals surface area contributed by atoms with Gasteiger partial charge in [-0.1, -0.05) is 127 Å². The average molecular weight is 1950 g/mol. The molecule has 8 aromatic carbocycles. The van der Waals surface area contributed by atoms with Crippen LogP contribution in [-0.2, 0) is 35.4 Å². The number of rotatable bonds is 16. The minimum Gasteiger partial charge on any atom is -0.454 e. The van der Waals surface area contributed by atoms with Gasteiger partial charge in [0.2, 0.25) is 22.4 Å². The number of aliphatic hydroxyl groups is 1. The molecule has 0 aliphatic carbocycles. The topological polar surface area (TPSA) is 393 Å². The number of aliphatic hydroxyl groups excluding tert-OH is 1. The van der Waals surface area contributed by atoms with Crippen LogP contribution in [0, 0.1) is 50.2 Å². The van der Waals surface area contributed by atoms with Gasteiger partial charge >= 0.3 is 10.6 Å². The molecular weight excluding hydrogens is 1870 g/mol. The molecule has 31 nitrogen and oxygen atoms in total. The molecular formula is C95H84N12O19S8. The second kappa shape index (κ2) is 38.2. The highest BCUT2D eigenvalue weighted by Gasteiger charge is 2.76. The zero-order valence-corrected chi connectivity index (χ0v) is 79.6. The Bertz CT molecular complexity index is 6050. The Hall–Kier alpha value is -12.9. The lowest BCUT2D eigenvalue weighted by atomic mass is 9.79. The number of piperazine rings is 3. The van der Waals surface area contributed by atoms with Gasteiger partial charge in [-0.2, -0.15) is 15.8 Å². The van der Waals surface area contributed by atoms with E-state index in [4.69, 9.17) is 62.3 Å². The van der Waals surface area contributed by atoms with E-state index in [1.807, 2.05) is 18.2 Å². The molecule has 0 radical (unpaired) electrons. The number of anilines is 2. The van der Waals surface area contributed by atoms with Crippen LogP contribution < -0.4 is 48.5 Å². The van der Waals surface area contributed by atoms with Crippen LogP contribution in [0.25, 0.3) is 0 Å². The third kappa shape index (κ3) is 18.0. The first-order chi connectivity index (χ1) is 64.0. The molecule has 8 aliphatic heterocycles. The predicted molar refractivity (Wildman–Crippen MR) is 512 cm³/mol. The van der Waals surface area contributed by atoms with Crippen molar-refractivity contribution in [2.24, 2.45) is 16.2 Å². The minimum absolute atomic E-state index is 0.0147. The number of benzene rings is 8. The van der Waals surface area contributed by atoms with Gasteiger partial charge in [0.25, 0.3) is 45.9 Å². The first-order valence-electron chi connectivity index (χ1n) is 41.4. The second-order valence-electron chi connectivity index (χ2n) is 33.0. The molecule has 39 heteroatoms. The summed E-state index contributed by atoms with van der Waals surface area (Å²) in [6.45, 7) is 9.34. The van der Waals surface area contributed by atoms with Crippen molar-refractivity contribution >= 4 is 172 Å². The third-order valence-electron chi connectivity index (χ3n) is 24.2. The summed E-state index contributed by atoms with van der Waals surface area (Å²) < 4.78 is 45.1. The van der Waals surface area contributed by atoms with Gasteiger partial charge in [-0.25, -0.2) is 9.59 Å². The predicted octanol–water partition coefficient (Wildman–Crippen LogP) is 17.5. The van der Waals surface area contributed by atoms with E-state index in [2.05, 4.69) is 33.8 Å². The highest BCUT2D eigenvalue weighted by atomic mass is 32.2. The third-order valence-corrected chi connectivity index (χ3v) is 31.6. The highest BCUT2D eigenvalue weighted by molar-refractivity contribution is 8.24. The van der Waals surface area contributed by atoms with Crippen molar-refractivity contribution in [3.05, 3.63) is 259 Å². The van der Waals surface area contributed by atoms with Crippen LogP contribution in [0.1, 0.15) is 101 Å². The van der Waals surface area contributed by atoms with Gasteiger partial charge in [0.15, 0.2) is 52.2 Å². The summed E-state index contributed by atoms with van der Waals surface area (Å²) >= 11 is 15.5. The van der Waals surface area contributed by atoms with E-state index in [0.717, 1.165) is 28.4 Å². The van der Waals surface area contributed by atoms with Crippen LogP contribution in [0.3, 0.4) is 0 Å². The lowest BCUT2D eigenvalue weighted by Crippen LogP contribution is -2.71. The molecule has 1 aromatic heterocycles. The molecule has 9 aromatic rings. The number of nitrogens with one attached hydrogen (secondary N) is 2. The van der Waals surface area contributed by atoms with Crippen molar-refractivity contribution in [1.82, 2.24) is 34.4 Å². The summed E-state index contributed by atoms with van der Waals surface area (Å²) in [5.74, 6) is 0.0695. The summed E-state index contributed by atoms with van der Waals surface area (Å²) in [6.07, 6.45) is 1.05. The standard InChI is InChI=1S/C32H29N5O6S2.C32H27N3O6S4.C31H28N4O7S2/c1-30(18-33)17-32(45-29(41)35-22-12-8-5-9-13-22)27(39)36(3)31(2,44-28(40)34-21-10-6-4-7-11-21)26(38)37(32)25(30)20-14-15-23-24(16-20)43-19-42-23;1-30(18-33)17-32(45-29(43)41-22-12-8-5-9-13-22)27(37)34(3)31(2,44-28(42)40-21-10-6-4-7-11-21)26(36)35(32)25(30)20-14-15-23-24(16-20)39-19-38-23;1-29(19-32)18-31(44-28(40)42-23-12-8-5-9-13-23)26(38)34(3)30(2,43-27(39)41-22-10-6-4-7-11-22)25(37)35(31)24(29)20-14-15-21(17-36)33-16-20/h4-16,25H,17,19H2,1-3H3,(H,34,40)(H,35,41);4-16,25H,17,19H2,1-3H3;4-16,24,36H,17-18H2,1-3H3/t2*25?,30-,31+,32+;24?,29-,30+,31+/m111/s1. The van der Waals surface area contributed by atoms with Crippen molar-refractivity contribution in [1.29, 1.82) is 15.8 Å². The van der Waals surface area contributed by atoms with Crippen LogP contribution in [0.5, 0.6) is 46.0 Å². The fourth-order valence-electron chi connectivity index (χ4n) is 17.5. The Labute approximate surface area is 806 Å². The number of ether oxygens (including phenoxy) is 8. The number of para-hydroxylation sites is 6. The molecule has 134 heavy (non-hydrogen) atoms. The zero-order chi connectivity index (χ0) is 95.7. The maximum atomic E-state index is 15.0. The molecule has 8 amide bonds. The number of nitrogens with zero attached hydrogens (tertiary/aromatic N) is 10. The minimum atomic E-state index is -1.90.